The van der Waals surface area contributed by atoms with Gasteiger partial charge in [0.15, 0.2) is 0 Å². The lowest BCUT2D eigenvalue weighted by atomic mass is 9.90. The molecule has 3 aliphatic rings. The molecule has 3 heterocycles. The monoisotopic (exact) mass is 402 g/mol. The molecule has 0 radical (unpaired) electrons. The van der Waals surface area contributed by atoms with Gasteiger partial charge in [0.2, 0.25) is 5.91 Å². The van der Waals surface area contributed by atoms with Gasteiger partial charge in [-0.2, -0.15) is 0 Å². The SMILES string of the molecule is COc1ccc(N2CCN(C(=O)CN3C(=O)NC4(CCOCC4)C3=O)CC2)cc1. The maximum absolute atomic E-state index is 12.8. The van der Waals surface area contributed by atoms with Crippen LogP contribution in [0.2, 0.25) is 0 Å². The zero-order valence-electron chi connectivity index (χ0n) is 16.6. The predicted molar refractivity (Wildman–Crippen MR) is 105 cm³/mol. The second-order valence-corrected chi connectivity index (χ2v) is 7.58. The zero-order chi connectivity index (χ0) is 20.4. The summed E-state index contributed by atoms with van der Waals surface area (Å²) in [6.45, 7) is 3.14. The molecule has 4 amide bonds. The summed E-state index contributed by atoms with van der Waals surface area (Å²) in [6, 6.07) is 7.34. The van der Waals surface area contributed by atoms with Crippen molar-refractivity contribution in [1.29, 1.82) is 0 Å². The first-order valence-corrected chi connectivity index (χ1v) is 9.91. The van der Waals surface area contributed by atoms with Crippen LogP contribution >= 0.6 is 0 Å². The highest BCUT2D eigenvalue weighted by molar-refractivity contribution is 6.09. The van der Waals surface area contributed by atoms with Gasteiger partial charge < -0.3 is 24.6 Å². The maximum atomic E-state index is 12.8. The van der Waals surface area contributed by atoms with E-state index >= 15 is 0 Å². The minimum atomic E-state index is -0.900. The number of benzene rings is 1. The van der Waals surface area contributed by atoms with Gasteiger partial charge in [0.05, 0.1) is 7.11 Å². The number of nitrogens with zero attached hydrogens (tertiary/aromatic N) is 3. The van der Waals surface area contributed by atoms with Gasteiger partial charge in [-0.3, -0.25) is 14.5 Å². The van der Waals surface area contributed by atoms with Crippen LogP contribution in [0.4, 0.5) is 10.5 Å². The number of urea groups is 1. The van der Waals surface area contributed by atoms with Crippen LogP contribution < -0.4 is 15.0 Å². The van der Waals surface area contributed by atoms with Crippen molar-refractivity contribution in [3.63, 3.8) is 0 Å². The van der Waals surface area contributed by atoms with Crippen molar-refractivity contribution in [2.75, 3.05) is 57.9 Å². The van der Waals surface area contributed by atoms with E-state index in [4.69, 9.17) is 9.47 Å². The van der Waals surface area contributed by atoms with Crippen LogP contribution in [0, 0.1) is 0 Å². The van der Waals surface area contributed by atoms with E-state index in [0.29, 0.717) is 52.2 Å². The van der Waals surface area contributed by atoms with Crippen LogP contribution in [0.3, 0.4) is 0 Å². The van der Waals surface area contributed by atoms with Crippen LogP contribution in [0.15, 0.2) is 24.3 Å². The van der Waals surface area contributed by atoms with E-state index in [0.717, 1.165) is 16.3 Å². The Morgan fingerprint density at radius 3 is 2.38 bits per heavy atom. The van der Waals surface area contributed by atoms with Crippen LogP contribution in [-0.2, 0) is 14.3 Å². The summed E-state index contributed by atoms with van der Waals surface area (Å²) in [6.07, 6.45) is 0.894. The smallest absolute Gasteiger partial charge is 0.325 e. The van der Waals surface area contributed by atoms with Crippen molar-refractivity contribution in [2.24, 2.45) is 0 Å². The number of imide groups is 1. The fourth-order valence-corrected chi connectivity index (χ4v) is 4.12. The Balaban J connectivity index is 1.33. The Kier molecular flexibility index (Phi) is 5.31. The Labute approximate surface area is 169 Å². The summed E-state index contributed by atoms with van der Waals surface area (Å²) >= 11 is 0. The lowest BCUT2D eigenvalue weighted by Crippen LogP contribution is -2.53. The Morgan fingerprint density at radius 1 is 1.10 bits per heavy atom. The first kappa shape index (κ1) is 19.5. The van der Waals surface area contributed by atoms with E-state index in [1.165, 1.54) is 0 Å². The minimum absolute atomic E-state index is 0.202. The average Bonchev–Trinajstić information content (AvgIpc) is 2.98. The van der Waals surface area contributed by atoms with Crippen LogP contribution in [-0.4, -0.2) is 86.2 Å². The molecule has 0 unspecified atom stereocenters. The number of ether oxygens (including phenoxy) is 2. The quantitative estimate of drug-likeness (QED) is 0.735. The molecular formula is C20H26N4O5. The Hall–Kier alpha value is -2.81. The van der Waals surface area contributed by atoms with Crippen molar-refractivity contribution in [3.05, 3.63) is 24.3 Å². The fraction of sp³-hybridized carbons (Fsp3) is 0.550. The largest absolute Gasteiger partial charge is 0.497 e. The average molecular weight is 402 g/mol. The molecular weight excluding hydrogens is 376 g/mol. The molecule has 0 atom stereocenters. The molecule has 0 aliphatic carbocycles. The number of hydrogen-bond acceptors (Lipinski definition) is 6. The van der Waals surface area contributed by atoms with Gasteiger partial charge in [0.25, 0.3) is 5.91 Å². The molecule has 156 valence electrons. The third kappa shape index (κ3) is 3.74. The third-order valence-electron chi connectivity index (χ3n) is 5.96. The third-order valence-corrected chi connectivity index (χ3v) is 5.96. The zero-order valence-corrected chi connectivity index (χ0v) is 16.6. The molecule has 1 N–H and O–H groups in total. The molecule has 3 fully saturated rings. The number of hydrogen-bond donors (Lipinski definition) is 1. The van der Waals surface area contributed by atoms with Gasteiger partial charge in [-0.25, -0.2) is 4.79 Å². The van der Waals surface area contributed by atoms with Crippen molar-refractivity contribution < 1.29 is 23.9 Å². The highest BCUT2D eigenvalue weighted by atomic mass is 16.5. The summed E-state index contributed by atoms with van der Waals surface area (Å²) in [4.78, 5) is 42.8. The number of methoxy groups -OCH3 is 1. The minimum Gasteiger partial charge on any atom is -0.497 e. The van der Waals surface area contributed by atoms with Crippen molar-refractivity contribution >= 4 is 23.5 Å². The number of carbonyl (C=O) groups excluding carboxylic acids is 3. The molecule has 0 bridgehead atoms. The lowest BCUT2D eigenvalue weighted by molar-refractivity contribution is -0.140. The van der Waals surface area contributed by atoms with Crippen molar-refractivity contribution in [2.45, 2.75) is 18.4 Å². The molecule has 29 heavy (non-hydrogen) atoms. The first-order valence-electron chi connectivity index (χ1n) is 9.91. The maximum Gasteiger partial charge on any atom is 0.325 e. The second-order valence-electron chi connectivity index (χ2n) is 7.58. The number of carbonyl (C=O) groups is 3. The molecule has 4 rings (SSSR count). The van der Waals surface area contributed by atoms with Crippen LogP contribution in [0.5, 0.6) is 5.75 Å². The van der Waals surface area contributed by atoms with Crippen LogP contribution in [0.1, 0.15) is 12.8 Å². The predicted octanol–water partition coefficient (Wildman–Crippen LogP) is 0.445. The molecule has 1 spiro atoms. The molecule has 0 aromatic heterocycles. The summed E-state index contributed by atoms with van der Waals surface area (Å²) < 4.78 is 10.5. The van der Waals surface area contributed by atoms with Gasteiger partial charge in [-0.15, -0.1) is 0 Å². The lowest BCUT2D eigenvalue weighted by Gasteiger charge is -2.36. The summed E-state index contributed by atoms with van der Waals surface area (Å²) in [7, 11) is 1.63. The highest BCUT2D eigenvalue weighted by Gasteiger charge is 2.52. The van der Waals surface area contributed by atoms with E-state index < -0.39 is 11.6 Å². The Bertz CT molecular complexity index is 783. The number of piperazine rings is 1. The normalized spacial score (nSPS) is 21.5. The van der Waals surface area contributed by atoms with E-state index in [-0.39, 0.29) is 18.4 Å². The molecule has 1 aromatic rings. The molecule has 3 aliphatic heterocycles. The highest BCUT2D eigenvalue weighted by Crippen LogP contribution is 2.28. The number of nitrogens with one attached hydrogen (secondary N) is 1. The van der Waals surface area contributed by atoms with Crippen LogP contribution in [0.25, 0.3) is 0 Å². The summed E-state index contributed by atoms with van der Waals surface area (Å²) in [5.74, 6) is 0.293. The number of anilines is 1. The van der Waals surface area contributed by atoms with E-state index in [2.05, 4.69) is 10.2 Å². The number of amides is 4. The number of rotatable bonds is 4. The van der Waals surface area contributed by atoms with Gasteiger partial charge in [-0.1, -0.05) is 0 Å². The van der Waals surface area contributed by atoms with E-state index in [1.54, 1.807) is 12.0 Å². The van der Waals surface area contributed by atoms with Gasteiger partial charge in [-0.05, 0) is 24.3 Å². The van der Waals surface area contributed by atoms with Crippen molar-refractivity contribution in [1.82, 2.24) is 15.1 Å². The van der Waals surface area contributed by atoms with Crippen molar-refractivity contribution in [3.8, 4) is 5.75 Å². The molecule has 9 nitrogen and oxygen atoms in total. The molecule has 3 saturated heterocycles. The molecule has 9 heteroatoms. The van der Waals surface area contributed by atoms with E-state index in [9.17, 15) is 14.4 Å². The fourth-order valence-electron chi connectivity index (χ4n) is 4.12. The van der Waals surface area contributed by atoms with Gasteiger partial charge >= 0.3 is 6.03 Å². The summed E-state index contributed by atoms with van der Waals surface area (Å²) in [5.41, 5.74) is 0.177. The molecule has 0 saturated carbocycles. The first-order chi connectivity index (χ1) is 14.0. The topological polar surface area (TPSA) is 91.4 Å². The molecule has 1 aromatic carbocycles. The summed E-state index contributed by atoms with van der Waals surface area (Å²) in [5, 5.41) is 2.78. The van der Waals surface area contributed by atoms with E-state index in [1.807, 2.05) is 24.3 Å². The van der Waals surface area contributed by atoms with Gasteiger partial charge in [0.1, 0.15) is 17.8 Å². The Morgan fingerprint density at radius 2 is 1.76 bits per heavy atom. The standard InChI is InChI=1S/C20H26N4O5/c1-28-16-4-2-15(3-5-16)22-8-10-23(11-9-22)17(25)14-24-18(26)20(21-19(24)27)6-12-29-13-7-20/h2-5H,6-14H2,1H3,(H,21,27). The van der Waals surface area contributed by atoms with Gasteiger partial charge in [0, 0.05) is 57.9 Å². The second kappa shape index (κ2) is 7.90.